The second kappa shape index (κ2) is 7.44. The monoisotopic (exact) mass is 389 g/mol. The van der Waals surface area contributed by atoms with Crippen molar-refractivity contribution in [1.29, 1.82) is 0 Å². The fourth-order valence-electron chi connectivity index (χ4n) is 3.52. The summed E-state index contributed by atoms with van der Waals surface area (Å²) >= 11 is 0. The molecule has 29 heavy (non-hydrogen) atoms. The van der Waals surface area contributed by atoms with Gasteiger partial charge in [-0.15, -0.1) is 0 Å². The van der Waals surface area contributed by atoms with Gasteiger partial charge < -0.3 is 14.6 Å². The Balaban J connectivity index is 1.33. The van der Waals surface area contributed by atoms with Gasteiger partial charge in [0.1, 0.15) is 18.2 Å². The Hall–Kier alpha value is -3.59. The molecule has 146 valence electrons. The number of benzene rings is 1. The third kappa shape index (κ3) is 3.47. The van der Waals surface area contributed by atoms with Gasteiger partial charge in [-0.1, -0.05) is 0 Å². The van der Waals surface area contributed by atoms with E-state index in [4.69, 9.17) is 4.74 Å². The van der Waals surface area contributed by atoms with E-state index in [1.165, 1.54) is 6.33 Å². The summed E-state index contributed by atoms with van der Waals surface area (Å²) in [4.78, 5) is 25.5. The Morgan fingerprint density at radius 2 is 1.93 bits per heavy atom. The quantitative estimate of drug-likeness (QED) is 0.576. The van der Waals surface area contributed by atoms with Crippen LogP contribution in [0.25, 0.3) is 16.9 Å². The Kier molecular flexibility index (Phi) is 4.49. The number of carbonyl (C=O) groups excluding carboxylic acids is 1. The van der Waals surface area contributed by atoms with E-state index in [9.17, 15) is 4.79 Å². The molecule has 9 nitrogen and oxygen atoms in total. The summed E-state index contributed by atoms with van der Waals surface area (Å²) in [5.74, 6) is -0.228. The molecule has 0 unspecified atom stereocenters. The van der Waals surface area contributed by atoms with Gasteiger partial charge in [0.25, 0.3) is 5.91 Å². The summed E-state index contributed by atoms with van der Waals surface area (Å²) in [5.41, 5.74) is 3.53. The van der Waals surface area contributed by atoms with Crippen molar-refractivity contribution in [3.63, 3.8) is 0 Å². The highest BCUT2D eigenvalue weighted by Gasteiger charge is 2.19. The van der Waals surface area contributed by atoms with E-state index in [-0.39, 0.29) is 5.91 Å². The van der Waals surface area contributed by atoms with Gasteiger partial charge in [-0.3, -0.25) is 4.79 Å². The fourth-order valence-corrected chi connectivity index (χ4v) is 3.52. The number of hydrogen-bond acceptors (Lipinski definition) is 6. The van der Waals surface area contributed by atoms with Crippen molar-refractivity contribution in [2.75, 3.05) is 18.5 Å². The van der Waals surface area contributed by atoms with Crippen molar-refractivity contribution in [2.45, 2.75) is 18.9 Å². The van der Waals surface area contributed by atoms with Crippen molar-refractivity contribution in [3.8, 4) is 5.69 Å². The molecular formula is C20H19N7O2. The van der Waals surface area contributed by atoms with E-state index in [1.54, 1.807) is 29.6 Å². The molecule has 4 aromatic rings. The summed E-state index contributed by atoms with van der Waals surface area (Å²) in [6.07, 6.45) is 8.38. The van der Waals surface area contributed by atoms with Gasteiger partial charge in [-0.25, -0.2) is 19.6 Å². The largest absolute Gasteiger partial charge is 0.381 e. The molecule has 1 fully saturated rings. The Labute approximate surface area is 166 Å². The molecule has 0 radical (unpaired) electrons. The van der Waals surface area contributed by atoms with E-state index < -0.39 is 0 Å². The average Bonchev–Trinajstić information content (AvgIpc) is 3.45. The molecular weight excluding hydrogens is 370 g/mol. The molecule has 1 aliphatic rings. The van der Waals surface area contributed by atoms with E-state index in [1.807, 2.05) is 24.3 Å². The minimum Gasteiger partial charge on any atom is -0.381 e. The van der Waals surface area contributed by atoms with Gasteiger partial charge in [-0.2, -0.15) is 5.10 Å². The van der Waals surface area contributed by atoms with Crippen LogP contribution in [0.4, 0.5) is 5.69 Å². The molecule has 0 aliphatic carbocycles. The van der Waals surface area contributed by atoms with Crippen molar-refractivity contribution >= 4 is 22.8 Å². The van der Waals surface area contributed by atoms with Gasteiger partial charge in [-0.05, 0) is 43.2 Å². The van der Waals surface area contributed by atoms with Crippen molar-refractivity contribution in [2.24, 2.45) is 0 Å². The number of fused-ring (bicyclic) bond motifs is 1. The van der Waals surface area contributed by atoms with Crippen LogP contribution >= 0.6 is 0 Å². The summed E-state index contributed by atoms with van der Waals surface area (Å²) in [6.45, 7) is 1.50. The van der Waals surface area contributed by atoms with Crippen LogP contribution in [-0.4, -0.2) is 48.4 Å². The third-order valence-corrected chi connectivity index (χ3v) is 5.07. The molecule has 1 aromatic carbocycles. The SMILES string of the molecule is O=C(Nc1ccc(-n2cncn2)cc1)c1cnc2c(c1)ncn2C1CCOCC1. The first-order valence-corrected chi connectivity index (χ1v) is 9.45. The van der Waals surface area contributed by atoms with Crippen LogP contribution in [0.5, 0.6) is 0 Å². The molecule has 0 bridgehead atoms. The number of nitrogens with one attached hydrogen (secondary N) is 1. The third-order valence-electron chi connectivity index (χ3n) is 5.07. The predicted molar refractivity (Wildman–Crippen MR) is 106 cm³/mol. The highest BCUT2D eigenvalue weighted by Crippen LogP contribution is 2.25. The van der Waals surface area contributed by atoms with Crippen LogP contribution in [0.2, 0.25) is 0 Å². The van der Waals surface area contributed by atoms with Crippen LogP contribution in [0, 0.1) is 0 Å². The lowest BCUT2D eigenvalue weighted by Crippen LogP contribution is -2.19. The predicted octanol–water partition coefficient (Wildman–Crippen LogP) is 2.62. The highest BCUT2D eigenvalue weighted by molar-refractivity contribution is 6.05. The summed E-state index contributed by atoms with van der Waals surface area (Å²) in [6, 6.07) is 9.48. The van der Waals surface area contributed by atoms with E-state index >= 15 is 0 Å². The zero-order valence-corrected chi connectivity index (χ0v) is 15.6. The maximum Gasteiger partial charge on any atom is 0.257 e. The number of imidazole rings is 1. The first-order chi connectivity index (χ1) is 14.3. The summed E-state index contributed by atoms with van der Waals surface area (Å²) in [5, 5.41) is 6.97. The molecule has 1 aliphatic heterocycles. The highest BCUT2D eigenvalue weighted by atomic mass is 16.5. The maximum atomic E-state index is 12.7. The van der Waals surface area contributed by atoms with Gasteiger partial charge in [0.2, 0.25) is 0 Å². The van der Waals surface area contributed by atoms with E-state index in [2.05, 4.69) is 29.9 Å². The van der Waals surface area contributed by atoms with Crippen LogP contribution < -0.4 is 5.32 Å². The molecule has 0 atom stereocenters. The number of hydrogen-bond donors (Lipinski definition) is 1. The zero-order chi connectivity index (χ0) is 19.6. The zero-order valence-electron chi connectivity index (χ0n) is 15.6. The Morgan fingerprint density at radius 3 is 2.69 bits per heavy atom. The Morgan fingerprint density at radius 1 is 1.10 bits per heavy atom. The van der Waals surface area contributed by atoms with Crippen molar-refractivity contribution < 1.29 is 9.53 Å². The normalized spacial score (nSPS) is 14.9. The number of amides is 1. The first kappa shape index (κ1) is 17.5. The first-order valence-electron chi connectivity index (χ1n) is 9.45. The van der Waals surface area contributed by atoms with Crippen LogP contribution in [0.3, 0.4) is 0 Å². The van der Waals surface area contributed by atoms with Crippen molar-refractivity contribution in [3.05, 3.63) is 61.1 Å². The molecule has 1 amide bonds. The molecule has 3 aromatic heterocycles. The number of carbonyl (C=O) groups is 1. The molecule has 5 rings (SSSR count). The minimum atomic E-state index is -0.228. The van der Waals surface area contributed by atoms with Gasteiger partial charge >= 0.3 is 0 Å². The van der Waals surface area contributed by atoms with Gasteiger partial charge in [0.15, 0.2) is 5.65 Å². The lowest BCUT2D eigenvalue weighted by Gasteiger charge is -2.23. The topological polar surface area (TPSA) is 99.8 Å². The molecule has 0 spiro atoms. The summed E-state index contributed by atoms with van der Waals surface area (Å²) in [7, 11) is 0. The van der Waals surface area contributed by atoms with Crippen LogP contribution in [0.15, 0.2) is 55.5 Å². The van der Waals surface area contributed by atoms with E-state index in [0.29, 0.717) is 22.8 Å². The van der Waals surface area contributed by atoms with E-state index in [0.717, 1.165) is 37.4 Å². The standard InChI is InChI=1S/C20H19N7O2/c28-20(25-15-1-3-17(4-2-15)27-12-21-11-24-27)14-9-18-19(22-10-14)26(13-23-18)16-5-7-29-8-6-16/h1-4,9-13,16H,5-8H2,(H,25,28). The van der Waals surface area contributed by atoms with Gasteiger partial charge in [0.05, 0.1) is 17.6 Å². The number of nitrogens with zero attached hydrogens (tertiary/aromatic N) is 6. The minimum absolute atomic E-state index is 0.228. The smallest absolute Gasteiger partial charge is 0.257 e. The average molecular weight is 389 g/mol. The van der Waals surface area contributed by atoms with Crippen LogP contribution in [-0.2, 0) is 4.74 Å². The lowest BCUT2D eigenvalue weighted by atomic mass is 10.1. The number of aromatic nitrogens is 6. The number of ether oxygens (including phenoxy) is 1. The molecule has 1 N–H and O–H groups in total. The van der Waals surface area contributed by atoms with Crippen molar-refractivity contribution in [1.82, 2.24) is 29.3 Å². The maximum absolute atomic E-state index is 12.7. The molecule has 1 saturated heterocycles. The number of pyridine rings is 1. The molecule has 9 heteroatoms. The second-order valence-corrected chi connectivity index (χ2v) is 6.90. The Bertz CT molecular complexity index is 1130. The summed E-state index contributed by atoms with van der Waals surface area (Å²) < 4.78 is 9.17. The lowest BCUT2D eigenvalue weighted by molar-refractivity contribution is 0.0704. The molecule has 0 saturated carbocycles. The number of rotatable bonds is 4. The van der Waals surface area contributed by atoms with Crippen LogP contribution in [0.1, 0.15) is 29.2 Å². The van der Waals surface area contributed by atoms with Gasteiger partial charge in [0, 0.05) is 31.1 Å². The fraction of sp³-hybridized carbons (Fsp3) is 0.250. The number of anilines is 1. The second-order valence-electron chi connectivity index (χ2n) is 6.90. The molecule has 4 heterocycles.